The number of thiol groups is 1. The van der Waals surface area contributed by atoms with Crippen molar-refractivity contribution in [3.05, 3.63) is 58.6 Å². The third kappa shape index (κ3) is 3.24. The number of halogens is 3. The van der Waals surface area contributed by atoms with E-state index in [-0.39, 0.29) is 16.3 Å². The summed E-state index contributed by atoms with van der Waals surface area (Å²) in [5.41, 5.74) is -0.108. The van der Waals surface area contributed by atoms with Crippen LogP contribution >= 0.6 is 24.2 Å². The summed E-state index contributed by atoms with van der Waals surface area (Å²) in [4.78, 5) is 12.5. The number of benzene rings is 2. The summed E-state index contributed by atoms with van der Waals surface area (Å²) < 4.78 is 26.4. The SMILES string of the molecule is O=C(Nc1cc(F)ccc1F)c1cc(S)ccc1Cl. The Kier molecular flexibility index (Phi) is 4.07. The molecule has 0 atom stereocenters. The molecule has 1 amide bonds. The fourth-order valence-corrected chi connectivity index (χ4v) is 1.88. The molecule has 0 fully saturated rings. The molecular formula is C13H8ClF2NOS. The molecule has 2 nitrogen and oxygen atoms in total. The van der Waals surface area contributed by atoms with Gasteiger partial charge in [-0.25, -0.2) is 8.78 Å². The smallest absolute Gasteiger partial charge is 0.257 e. The fraction of sp³-hybridized carbons (Fsp3) is 0. The first-order valence-electron chi connectivity index (χ1n) is 5.22. The van der Waals surface area contributed by atoms with Gasteiger partial charge in [-0.05, 0) is 30.3 Å². The molecule has 0 aliphatic rings. The average Bonchev–Trinajstić information content (AvgIpc) is 2.36. The van der Waals surface area contributed by atoms with Crippen molar-refractivity contribution in [2.75, 3.05) is 5.32 Å². The number of anilines is 1. The van der Waals surface area contributed by atoms with E-state index in [1.165, 1.54) is 12.1 Å². The van der Waals surface area contributed by atoms with Crippen LogP contribution < -0.4 is 5.32 Å². The van der Waals surface area contributed by atoms with Gasteiger partial charge in [0.2, 0.25) is 0 Å². The summed E-state index contributed by atoms with van der Waals surface area (Å²) in [5, 5.41) is 2.46. The number of hydrogen-bond donors (Lipinski definition) is 2. The first-order chi connectivity index (χ1) is 8.97. The van der Waals surface area contributed by atoms with E-state index in [0.29, 0.717) is 4.90 Å². The highest BCUT2D eigenvalue weighted by molar-refractivity contribution is 7.80. The maximum Gasteiger partial charge on any atom is 0.257 e. The molecule has 0 unspecified atom stereocenters. The van der Waals surface area contributed by atoms with Crippen molar-refractivity contribution in [1.29, 1.82) is 0 Å². The van der Waals surface area contributed by atoms with Crippen LogP contribution in [0.5, 0.6) is 0 Å². The van der Waals surface area contributed by atoms with E-state index in [1.807, 2.05) is 0 Å². The van der Waals surface area contributed by atoms with Gasteiger partial charge < -0.3 is 5.32 Å². The molecule has 1 N–H and O–H groups in total. The lowest BCUT2D eigenvalue weighted by Crippen LogP contribution is -2.13. The highest BCUT2D eigenvalue weighted by Crippen LogP contribution is 2.22. The number of amides is 1. The van der Waals surface area contributed by atoms with Crippen LogP contribution in [-0.4, -0.2) is 5.91 Å². The largest absolute Gasteiger partial charge is 0.319 e. The van der Waals surface area contributed by atoms with Gasteiger partial charge in [-0.3, -0.25) is 4.79 Å². The van der Waals surface area contributed by atoms with Gasteiger partial charge in [-0.15, -0.1) is 12.6 Å². The molecule has 0 heterocycles. The van der Waals surface area contributed by atoms with E-state index in [4.69, 9.17) is 11.6 Å². The van der Waals surface area contributed by atoms with Crippen molar-refractivity contribution >= 4 is 35.8 Å². The summed E-state index contributed by atoms with van der Waals surface area (Å²) in [6.07, 6.45) is 0. The Balaban J connectivity index is 2.30. The molecule has 2 aromatic rings. The molecule has 0 saturated heterocycles. The quantitative estimate of drug-likeness (QED) is 0.801. The summed E-state index contributed by atoms with van der Waals surface area (Å²) in [7, 11) is 0. The zero-order valence-corrected chi connectivity index (χ0v) is 11.1. The molecule has 6 heteroatoms. The van der Waals surface area contributed by atoms with Crippen LogP contribution in [0.4, 0.5) is 14.5 Å². The molecule has 0 radical (unpaired) electrons. The van der Waals surface area contributed by atoms with Crippen molar-refractivity contribution in [1.82, 2.24) is 0 Å². The molecule has 0 aliphatic heterocycles. The molecule has 2 aromatic carbocycles. The number of carbonyl (C=O) groups is 1. The van der Waals surface area contributed by atoms with Crippen LogP contribution in [0.15, 0.2) is 41.3 Å². The van der Waals surface area contributed by atoms with Crippen molar-refractivity contribution in [2.24, 2.45) is 0 Å². The normalized spacial score (nSPS) is 10.3. The molecule has 0 aliphatic carbocycles. The first-order valence-corrected chi connectivity index (χ1v) is 6.05. The van der Waals surface area contributed by atoms with Gasteiger partial charge in [0, 0.05) is 11.0 Å². The molecule has 0 bridgehead atoms. The molecule has 2 rings (SSSR count). The number of nitrogens with one attached hydrogen (secondary N) is 1. The van der Waals surface area contributed by atoms with Crippen molar-refractivity contribution < 1.29 is 13.6 Å². The lowest BCUT2D eigenvalue weighted by Gasteiger charge is -2.08. The molecule has 19 heavy (non-hydrogen) atoms. The van der Waals surface area contributed by atoms with Crippen LogP contribution in [0.1, 0.15) is 10.4 Å². The van der Waals surface area contributed by atoms with Gasteiger partial charge in [0.15, 0.2) is 0 Å². The Morgan fingerprint density at radius 3 is 2.63 bits per heavy atom. The number of rotatable bonds is 2. The summed E-state index contributed by atoms with van der Waals surface area (Å²) in [6.45, 7) is 0. The van der Waals surface area contributed by atoms with Crippen molar-refractivity contribution in [2.45, 2.75) is 4.90 Å². The zero-order valence-electron chi connectivity index (χ0n) is 9.45. The third-order valence-corrected chi connectivity index (χ3v) is 2.98. The Labute approximate surface area is 118 Å². The monoisotopic (exact) mass is 299 g/mol. The van der Waals surface area contributed by atoms with Crippen LogP contribution in [0.2, 0.25) is 5.02 Å². The predicted octanol–water partition coefficient (Wildman–Crippen LogP) is 4.16. The lowest BCUT2D eigenvalue weighted by molar-refractivity contribution is 0.102. The van der Waals surface area contributed by atoms with E-state index < -0.39 is 17.5 Å². The van der Waals surface area contributed by atoms with Gasteiger partial charge >= 0.3 is 0 Å². The molecule has 0 aromatic heterocycles. The second-order valence-corrected chi connectivity index (χ2v) is 4.67. The van der Waals surface area contributed by atoms with Gasteiger partial charge in [0.05, 0.1) is 16.3 Å². The van der Waals surface area contributed by atoms with Crippen LogP contribution in [0.3, 0.4) is 0 Å². The van der Waals surface area contributed by atoms with E-state index in [1.54, 1.807) is 6.07 Å². The fourth-order valence-electron chi connectivity index (χ4n) is 1.47. The van der Waals surface area contributed by atoms with Crippen LogP contribution in [-0.2, 0) is 0 Å². The molecule has 0 saturated carbocycles. The van der Waals surface area contributed by atoms with E-state index in [9.17, 15) is 13.6 Å². The second-order valence-electron chi connectivity index (χ2n) is 3.74. The van der Waals surface area contributed by atoms with E-state index in [2.05, 4.69) is 17.9 Å². The van der Waals surface area contributed by atoms with Crippen molar-refractivity contribution in [3.8, 4) is 0 Å². The highest BCUT2D eigenvalue weighted by Gasteiger charge is 2.13. The minimum Gasteiger partial charge on any atom is -0.319 e. The summed E-state index contributed by atoms with van der Waals surface area (Å²) in [6, 6.07) is 7.35. The number of carbonyl (C=O) groups excluding carboxylic acids is 1. The van der Waals surface area contributed by atoms with Crippen molar-refractivity contribution in [3.63, 3.8) is 0 Å². The predicted molar refractivity (Wildman–Crippen MR) is 73.0 cm³/mol. The molecular weight excluding hydrogens is 292 g/mol. The lowest BCUT2D eigenvalue weighted by atomic mass is 10.2. The molecule has 0 spiro atoms. The Hall–Kier alpha value is -1.59. The maximum absolute atomic E-state index is 13.4. The second kappa shape index (κ2) is 5.59. The number of hydrogen-bond acceptors (Lipinski definition) is 2. The highest BCUT2D eigenvalue weighted by atomic mass is 35.5. The van der Waals surface area contributed by atoms with Crippen LogP contribution in [0.25, 0.3) is 0 Å². The topological polar surface area (TPSA) is 29.1 Å². The van der Waals surface area contributed by atoms with Gasteiger partial charge in [-0.1, -0.05) is 11.6 Å². The molecule has 98 valence electrons. The summed E-state index contributed by atoms with van der Waals surface area (Å²) >= 11 is 9.95. The van der Waals surface area contributed by atoms with E-state index >= 15 is 0 Å². The minimum absolute atomic E-state index is 0.137. The zero-order chi connectivity index (χ0) is 14.0. The third-order valence-electron chi connectivity index (χ3n) is 2.37. The Morgan fingerprint density at radius 1 is 1.16 bits per heavy atom. The Morgan fingerprint density at radius 2 is 1.89 bits per heavy atom. The van der Waals surface area contributed by atoms with E-state index in [0.717, 1.165) is 18.2 Å². The summed E-state index contributed by atoms with van der Waals surface area (Å²) in [5.74, 6) is -2.01. The van der Waals surface area contributed by atoms with Gasteiger partial charge in [0.1, 0.15) is 11.6 Å². The average molecular weight is 300 g/mol. The standard InChI is InChI=1S/C13H8ClF2NOS/c14-10-3-2-8(19)6-9(10)13(18)17-12-5-7(15)1-4-11(12)16/h1-6,19H,(H,17,18). The maximum atomic E-state index is 13.4. The Bertz CT molecular complexity index is 649. The van der Waals surface area contributed by atoms with Gasteiger partial charge in [-0.2, -0.15) is 0 Å². The van der Waals surface area contributed by atoms with Crippen LogP contribution in [0, 0.1) is 11.6 Å². The minimum atomic E-state index is -0.729. The van der Waals surface area contributed by atoms with Gasteiger partial charge in [0.25, 0.3) is 5.91 Å². The first kappa shape index (κ1) is 13.8.